The molecule has 2 amide bonds. The maximum absolute atomic E-state index is 12.8. The Bertz CT molecular complexity index is 751. The molecule has 1 aliphatic rings. The number of benzene rings is 1. The van der Waals surface area contributed by atoms with Crippen LogP contribution in [0.2, 0.25) is 0 Å². The van der Waals surface area contributed by atoms with Gasteiger partial charge in [0.2, 0.25) is 5.88 Å². The van der Waals surface area contributed by atoms with Gasteiger partial charge < -0.3 is 15.0 Å². The van der Waals surface area contributed by atoms with Gasteiger partial charge in [0.25, 0.3) is 0 Å². The van der Waals surface area contributed by atoms with Crippen LogP contribution in [0.3, 0.4) is 0 Å². The Hall–Kier alpha value is -3.14. The molecular formula is C16H13FN4O2. The second-order valence-corrected chi connectivity index (χ2v) is 5.08. The summed E-state index contributed by atoms with van der Waals surface area (Å²) in [6.07, 6.45) is 1.35. The molecule has 1 aromatic heterocycles. The highest BCUT2D eigenvalue weighted by molar-refractivity contribution is 5.89. The number of carbonyl (C=O) groups excluding carboxylic acids is 1. The fraction of sp³-hybridized carbons (Fsp3) is 0.188. The average Bonchev–Trinajstić information content (AvgIpc) is 2.52. The number of anilines is 1. The van der Waals surface area contributed by atoms with Gasteiger partial charge in [-0.1, -0.05) is 0 Å². The van der Waals surface area contributed by atoms with Gasteiger partial charge in [0.15, 0.2) is 0 Å². The van der Waals surface area contributed by atoms with E-state index in [1.165, 1.54) is 30.5 Å². The summed E-state index contributed by atoms with van der Waals surface area (Å²) in [7, 11) is 0. The lowest BCUT2D eigenvalue weighted by molar-refractivity contribution is 0.0461. The smallest absolute Gasteiger partial charge is 0.322 e. The zero-order valence-corrected chi connectivity index (χ0v) is 12.1. The Morgan fingerprint density at radius 1 is 1.35 bits per heavy atom. The maximum Gasteiger partial charge on any atom is 0.322 e. The van der Waals surface area contributed by atoms with Crippen molar-refractivity contribution in [3.8, 4) is 11.9 Å². The Morgan fingerprint density at radius 2 is 2.09 bits per heavy atom. The predicted molar refractivity (Wildman–Crippen MR) is 80.4 cm³/mol. The SMILES string of the molecule is N#Cc1ccnc(OC2CN(C(=O)Nc3ccc(F)cc3)C2)c1. The fourth-order valence-electron chi connectivity index (χ4n) is 2.13. The first-order valence-electron chi connectivity index (χ1n) is 6.98. The fourth-order valence-corrected chi connectivity index (χ4v) is 2.13. The van der Waals surface area contributed by atoms with Crippen molar-refractivity contribution in [2.24, 2.45) is 0 Å². The molecular weight excluding hydrogens is 299 g/mol. The van der Waals surface area contributed by atoms with Crippen molar-refractivity contribution >= 4 is 11.7 Å². The highest BCUT2D eigenvalue weighted by atomic mass is 19.1. The minimum Gasteiger partial charge on any atom is -0.471 e. The van der Waals surface area contributed by atoms with Gasteiger partial charge in [0.05, 0.1) is 24.7 Å². The van der Waals surface area contributed by atoms with Crippen molar-refractivity contribution in [1.29, 1.82) is 5.26 Å². The number of rotatable bonds is 3. The summed E-state index contributed by atoms with van der Waals surface area (Å²) >= 11 is 0. The van der Waals surface area contributed by atoms with Crippen LogP contribution in [-0.4, -0.2) is 35.1 Å². The van der Waals surface area contributed by atoms with Crippen LogP contribution in [0.1, 0.15) is 5.56 Å². The number of aromatic nitrogens is 1. The quantitative estimate of drug-likeness (QED) is 0.944. The number of pyridine rings is 1. The molecule has 0 radical (unpaired) electrons. The Morgan fingerprint density at radius 3 is 2.78 bits per heavy atom. The van der Waals surface area contributed by atoms with Crippen LogP contribution in [0.25, 0.3) is 0 Å². The molecule has 1 N–H and O–H groups in total. The van der Waals surface area contributed by atoms with E-state index in [4.69, 9.17) is 10.00 Å². The standard InChI is InChI=1S/C16H13FN4O2/c17-12-1-3-13(4-2-12)20-16(22)21-9-14(10-21)23-15-7-11(8-18)5-6-19-15/h1-7,14H,9-10H2,(H,20,22). The van der Waals surface area contributed by atoms with Crippen molar-refractivity contribution < 1.29 is 13.9 Å². The summed E-state index contributed by atoms with van der Waals surface area (Å²) in [5.41, 5.74) is 1.00. The Labute approximate surface area is 132 Å². The van der Waals surface area contributed by atoms with Gasteiger partial charge in [0.1, 0.15) is 11.9 Å². The third kappa shape index (κ3) is 3.55. The van der Waals surface area contributed by atoms with E-state index in [2.05, 4.69) is 10.3 Å². The first-order valence-corrected chi connectivity index (χ1v) is 6.98. The minimum absolute atomic E-state index is 0.157. The second kappa shape index (κ2) is 6.32. The van der Waals surface area contributed by atoms with Crippen LogP contribution in [0.5, 0.6) is 5.88 Å². The number of hydrogen-bond donors (Lipinski definition) is 1. The molecule has 116 valence electrons. The van der Waals surface area contributed by atoms with Gasteiger partial charge in [0, 0.05) is 18.0 Å². The number of hydrogen-bond acceptors (Lipinski definition) is 4. The lowest BCUT2D eigenvalue weighted by Crippen LogP contribution is -2.57. The number of amides is 2. The molecule has 0 unspecified atom stereocenters. The zero-order valence-electron chi connectivity index (χ0n) is 12.1. The van der Waals surface area contributed by atoms with E-state index in [0.717, 1.165) is 0 Å². The second-order valence-electron chi connectivity index (χ2n) is 5.08. The molecule has 1 aromatic carbocycles. The van der Waals surface area contributed by atoms with Crippen molar-refractivity contribution in [2.75, 3.05) is 18.4 Å². The lowest BCUT2D eigenvalue weighted by Gasteiger charge is -2.38. The number of halogens is 1. The third-order valence-electron chi connectivity index (χ3n) is 3.38. The molecule has 2 aromatic rings. The Kier molecular flexibility index (Phi) is 4.06. The van der Waals surface area contributed by atoms with Crippen molar-refractivity contribution in [1.82, 2.24) is 9.88 Å². The first-order chi connectivity index (χ1) is 11.1. The topological polar surface area (TPSA) is 78.2 Å². The van der Waals surface area contributed by atoms with E-state index in [1.807, 2.05) is 6.07 Å². The van der Waals surface area contributed by atoms with E-state index < -0.39 is 0 Å². The molecule has 0 saturated carbocycles. The van der Waals surface area contributed by atoms with Crippen LogP contribution in [0.15, 0.2) is 42.6 Å². The van der Waals surface area contributed by atoms with E-state index in [0.29, 0.717) is 30.2 Å². The summed E-state index contributed by atoms with van der Waals surface area (Å²) in [5.74, 6) is 0.0140. The van der Waals surface area contributed by atoms with Gasteiger partial charge in [-0.25, -0.2) is 14.2 Å². The molecule has 6 nitrogen and oxygen atoms in total. The number of urea groups is 1. The number of carbonyl (C=O) groups is 1. The van der Waals surface area contributed by atoms with Crippen LogP contribution in [0, 0.1) is 17.1 Å². The van der Waals surface area contributed by atoms with Gasteiger partial charge >= 0.3 is 6.03 Å². The predicted octanol–water partition coefficient (Wildman–Crippen LogP) is 2.39. The summed E-state index contributed by atoms with van der Waals surface area (Å²) < 4.78 is 18.4. The van der Waals surface area contributed by atoms with E-state index in [-0.39, 0.29) is 18.0 Å². The molecule has 3 rings (SSSR count). The first kappa shape index (κ1) is 14.8. The van der Waals surface area contributed by atoms with Crippen LogP contribution >= 0.6 is 0 Å². The number of likely N-dealkylation sites (tertiary alicyclic amines) is 1. The summed E-state index contributed by atoms with van der Waals surface area (Å²) in [6.45, 7) is 0.844. The largest absolute Gasteiger partial charge is 0.471 e. The van der Waals surface area contributed by atoms with E-state index in [1.54, 1.807) is 17.0 Å². The maximum atomic E-state index is 12.8. The Balaban J connectivity index is 1.49. The van der Waals surface area contributed by atoms with Crippen LogP contribution in [0.4, 0.5) is 14.9 Å². The van der Waals surface area contributed by atoms with Gasteiger partial charge in [-0.2, -0.15) is 5.26 Å². The third-order valence-corrected chi connectivity index (χ3v) is 3.38. The molecule has 0 atom stereocenters. The molecule has 0 spiro atoms. The molecule has 0 bridgehead atoms. The van der Waals surface area contributed by atoms with Crippen molar-refractivity contribution in [3.05, 3.63) is 54.0 Å². The van der Waals surface area contributed by atoms with Crippen molar-refractivity contribution in [2.45, 2.75) is 6.10 Å². The van der Waals surface area contributed by atoms with E-state index in [9.17, 15) is 9.18 Å². The molecule has 0 aliphatic carbocycles. The van der Waals surface area contributed by atoms with E-state index >= 15 is 0 Å². The number of nitriles is 1. The average molecular weight is 312 g/mol. The number of nitrogens with one attached hydrogen (secondary N) is 1. The molecule has 23 heavy (non-hydrogen) atoms. The summed E-state index contributed by atoms with van der Waals surface area (Å²) in [4.78, 5) is 17.6. The van der Waals surface area contributed by atoms with Gasteiger partial charge in [-0.15, -0.1) is 0 Å². The lowest BCUT2D eigenvalue weighted by atomic mass is 10.2. The number of nitrogens with zero attached hydrogens (tertiary/aromatic N) is 3. The molecule has 1 aliphatic heterocycles. The molecule has 1 saturated heterocycles. The highest BCUT2D eigenvalue weighted by Gasteiger charge is 2.32. The normalized spacial score (nSPS) is 13.8. The molecule has 2 heterocycles. The van der Waals surface area contributed by atoms with Gasteiger partial charge in [-0.3, -0.25) is 0 Å². The molecule has 7 heteroatoms. The highest BCUT2D eigenvalue weighted by Crippen LogP contribution is 2.18. The molecule has 1 fully saturated rings. The summed E-state index contributed by atoms with van der Waals surface area (Å²) in [5, 5.41) is 11.5. The van der Waals surface area contributed by atoms with Crippen LogP contribution < -0.4 is 10.1 Å². The number of ether oxygens (including phenoxy) is 1. The monoisotopic (exact) mass is 312 g/mol. The van der Waals surface area contributed by atoms with Crippen LogP contribution in [-0.2, 0) is 0 Å². The minimum atomic E-state index is -0.354. The van der Waals surface area contributed by atoms with Gasteiger partial charge in [-0.05, 0) is 30.3 Å². The van der Waals surface area contributed by atoms with Crippen molar-refractivity contribution in [3.63, 3.8) is 0 Å². The summed E-state index contributed by atoms with van der Waals surface area (Å²) in [6, 6.07) is 10.5. The zero-order chi connectivity index (χ0) is 16.2.